The van der Waals surface area contributed by atoms with Gasteiger partial charge in [0.2, 0.25) is 0 Å². The highest BCUT2D eigenvalue weighted by atomic mass is 35.5. The van der Waals surface area contributed by atoms with Crippen molar-refractivity contribution in [3.05, 3.63) is 29.3 Å². The largest absolute Gasteiger partial charge is 0.322 e. The van der Waals surface area contributed by atoms with Crippen molar-refractivity contribution in [2.24, 2.45) is 0 Å². The predicted octanol–water partition coefficient (Wildman–Crippen LogP) is 4.23. The molecule has 2 fully saturated rings. The van der Waals surface area contributed by atoms with E-state index in [0.717, 1.165) is 31.4 Å². The van der Waals surface area contributed by atoms with Gasteiger partial charge in [-0.25, -0.2) is 4.79 Å². The molecule has 2 bridgehead atoms. The van der Waals surface area contributed by atoms with Crippen LogP contribution in [0.3, 0.4) is 0 Å². The lowest BCUT2D eigenvalue weighted by Gasteiger charge is -2.38. The molecule has 2 unspecified atom stereocenters. The van der Waals surface area contributed by atoms with Crippen molar-refractivity contribution < 1.29 is 4.79 Å². The van der Waals surface area contributed by atoms with E-state index in [0.29, 0.717) is 22.4 Å². The van der Waals surface area contributed by atoms with Crippen molar-refractivity contribution in [1.29, 1.82) is 0 Å². The molecular weight excluding hydrogens is 292 g/mol. The number of thioether (sulfide) groups is 1. The molecular formula is C15H19ClN2OS. The average molecular weight is 311 g/mol. The van der Waals surface area contributed by atoms with Crippen LogP contribution < -0.4 is 5.32 Å². The maximum absolute atomic E-state index is 12.5. The smallest absolute Gasteiger partial charge is 0.318 e. The van der Waals surface area contributed by atoms with Crippen LogP contribution in [-0.2, 0) is 0 Å². The lowest BCUT2D eigenvalue weighted by molar-refractivity contribution is 0.161. The number of urea groups is 1. The fraction of sp³-hybridized carbons (Fsp3) is 0.533. The summed E-state index contributed by atoms with van der Waals surface area (Å²) in [7, 11) is 0. The summed E-state index contributed by atoms with van der Waals surface area (Å²) < 4.78 is 0. The minimum absolute atomic E-state index is 0.0271. The van der Waals surface area contributed by atoms with Crippen LogP contribution in [0.2, 0.25) is 5.02 Å². The van der Waals surface area contributed by atoms with E-state index < -0.39 is 0 Å². The number of benzene rings is 1. The number of anilines is 1. The fourth-order valence-electron chi connectivity index (χ4n) is 3.41. The number of rotatable bonds is 2. The van der Waals surface area contributed by atoms with Crippen LogP contribution in [0.15, 0.2) is 24.3 Å². The zero-order valence-corrected chi connectivity index (χ0v) is 13.1. The second-order valence-electron chi connectivity index (χ2n) is 5.56. The first kappa shape index (κ1) is 14.1. The third-order valence-corrected chi connectivity index (χ3v) is 5.62. The van der Waals surface area contributed by atoms with Gasteiger partial charge in [0.15, 0.2) is 0 Å². The normalized spacial score (nSPS) is 28.5. The summed E-state index contributed by atoms with van der Waals surface area (Å²) in [6, 6.07) is 8.17. The van der Waals surface area contributed by atoms with Gasteiger partial charge in [-0.05, 0) is 50.1 Å². The van der Waals surface area contributed by atoms with Crippen LogP contribution in [0.4, 0.5) is 10.5 Å². The van der Waals surface area contributed by atoms with Crippen LogP contribution in [-0.4, -0.2) is 34.5 Å². The topological polar surface area (TPSA) is 32.3 Å². The molecule has 1 aromatic carbocycles. The molecule has 1 aromatic rings. The van der Waals surface area contributed by atoms with Crippen molar-refractivity contribution in [3.8, 4) is 0 Å². The molecule has 0 aromatic heterocycles. The molecule has 2 amide bonds. The summed E-state index contributed by atoms with van der Waals surface area (Å²) in [6.07, 6.45) is 6.71. The molecule has 0 radical (unpaired) electrons. The maximum atomic E-state index is 12.5. The summed E-state index contributed by atoms with van der Waals surface area (Å²) in [5.74, 6) is 0. The number of halogens is 1. The molecule has 0 spiro atoms. The molecule has 2 aliphatic rings. The molecule has 20 heavy (non-hydrogen) atoms. The predicted molar refractivity (Wildman–Crippen MR) is 85.7 cm³/mol. The Balaban J connectivity index is 1.69. The van der Waals surface area contributed by atoms with E-state index in [4.69, 9.17) is 11.6 Å². The Bertz CT molecular complexity index is 496. The molecule has 0 saturated carbocycles. The van der Waals surface area contributed by atoms with E-state index in [9.17, 15) is 4.79 Å². The second-order valence-corrected chi connectivity index (χ2v) is 7.14. The quantitative estimate of drug-likeness (QED) is 0.886. The maximum Gasteiger partial charge on any atom is 0.322 e. The molecule has 2 aliphatic heterocycles. The molecule has 5 heteroatoms. The number of nitrogens with zero attached hydrogens (tertiary/aromatic N) is 1. The van der Waals surface area contributed by atoms with E-state index in [1.807, 2.05) is 30.0 Å². The number of carbonyl (C=O) groups excluding carboxylic acids is 1. The van der Waals surface area contributed by atoms with E-state index >= 15 is 0 Å². The van der Waals surface area contributed by atoms with E-state index in [2.05, 4.69) is 16.5 Å². The molecule has 2 atom stereocenters. The molecule has 3 nitrogen and oxygen atoms in total. The molecule has 2 saturated heterocycles. The second kappa shape index (κ2) is 5.86. The number of hydrogen-bond acceptors (Lipinski definition) is 2. The number of carbonyl (C=O) groups is 1. The van der Waals surface area contributed by atoms with Gasteiger partial charge in [-0.3, -0.25) is 0 Å². The average Bonchev–Trinajstić information content (AvgIpc) is 2.69. The Morgan fingerprint density at radius 1 is 1.35 bits per heavy atom. The highest BCUT2D eigenvalue weighted by Gasteiger charge is 2.42. The number of nitrogens with one attached hydrogen (secondary N) is 1. The van der Waals surface area contributed by atoms with E-state index in [1.54, 1.807) is 6.07 Å². The number of amides is 2. The highest BCUT2D eigenvalue weighted by molar-refractivity contribution is 7.99. The zero-order chi connectivity index (χ0) is 14.1. The third kappa shape index (κ3) is 2.77. The van der Waals surface area contributed by atoms with Crippen molar-refractivity contribution in [1.82, 2.24) is 4.90 Å². The van der Waals surface area contributed by atoms with Gasteiger partial charge >= 0.3 is 6.03 Å². The van der Waals surface area contributed by atoms with Crippen LogP contribution in [0.1, 0.15) is 25.7 Å². The van der Waals surface area contributed by atoms with Crippen molar-refractivity contribution >= 4 is 35.1 Å². The summed E-state index contributed by atoms with van der Waals surface area (Å²) in [4.78, 5) is 14.6. The standard InChI is InChI=1S/C15H19ClN2OS/c1-20-14-8-12-5-6-13(9-14)18(12)15(19)17-11-4-2-3-10(16)7-11/h2-4,7,12-14H,5-6,8-9H2,1H3,(H,17,19). The number of hydrogen-bond donors (Lipinski definition) is 1. The third-order valence-electron chi connectivity index (χ3n) is 4.33. The van der Waals surface area contributed by atoms with Gasteiger partial charge in [-0.1, -0.05) is 17.7 Å². The minimum Gasteiger partial charge on any atom is -0.318 e. The molecule has 0 aliphatic carbocycles. The van der Waals surface area contributed by atoms with Crippen LogP contribution in [0, 0.1) is 0 Å². The van der Waals surface area contributed by atoms with E-state index in [-0.39, 0.29) is 6.03 Å². The minimum atomic E-state index is 0.0271. The first-order valence-electron chi connectivity index (χ1n) is 7.05. The summed E-state index contributed by atoms with van der Waals surface area (Å²) >= 11 is 7.89. The van der Waals surface area contributed by atoms with Crippen molar-refractivity contribution in [2.45, 2.75) is 43.0 Å². The van der Waals surface area contributed by atoms with Gasteiger partial charge in [0.05, 0.1) is 0 Å². The van der Waals surface area contributed by atoms with Crippen LogP contribution in [0.25, 0.3) is 0 Å². The molecule has 1 N–H and O–H groups in total. The van der Waals surface area contributed by atoms with Gasteiger partial charge in [0.25, 0.3) is 0 Å². The van der Waals surface area contributed by atoms with Gasteiger partial charge in [-0.15, -0.1) is 0 Å². The summed E-state index contributed by atoms with van der Waals surface area (Å²) in [6.45, 7) is 0. The Morgan fingerprint density at radius 2 is 2.05 bits per heavy atom. The molecule has 3 rings (SSSR count). The zero-order valence-electron chi connectivity index (χ0n) is 11.5. The summed E-state index contributed by atoms with van der Waals surface area (Å²) in [5.41, 5.74) is 0.772. The van der Waals surface area contributed by atoms with Crippen molar-refractivity contribution in [3.63, 3.8) is 0 Å². The highest BCUT2D eigenvalue weighted by Crippen LogP contribution is 2.39. The molecule has 2 heterocycles. The summed E-state index contributed by atoms with van der Waals surface area (Å²) in [5, 5.41) is 4.34. The first-order valence-corrected chi connectivity index (χ1v) is 8.71. The van der Waals surface area contributed by atoms with E-state index in [1.165, 1.54) is 0 Å². The van der Waals surface area contributed by atoms with Gasteiger partial charge < -0.3 is 10.2 Å². The van der Waals surface area contributed by atoms with Crippen LogP contribution >= 0.6 is 23.4 Å². The van der Waals surface area contributed by atoms with Gasteiger partial charge in [0.1, 0.15) is 0 Å². The monoisotopic (exact) mass is 310 g/mol. The molecule has 108 valence electrons. The fourth-order valence-corrected chi connectivity index (χ4v) is 4.42. The number of fused-ring (bicyclic) bond motifs is 2. The first-order chi connectivity index (χ1) is 9.67. The van der Waals surface area contributed by atoms with Gasteiger partial charge in [-0.2, -0.15) is 11.8 Å². The van der Waals surface area contributed by atoms with Gasteiger partial charge in [0, 0.05) is 28.0 Å². The Hall–Kier alpha value is -0.870. The Labute approximate surface area is 129 Å². The van der Waals surface area contributed by atoms with Crippen LogP contribution in [0.5, 0.6) is 0 Å². The lowest BCUT2D eigenvalue weighted by atomic mass is 10.0. The Kier molecular flexibility index (Phi) is 4.13. The lowest BCUT2D eigenvalue weighted by Crippen LogP contribution is -2.49. The SMILES string of the molecule is CSC1CC2CCC(C1)N2C(=O)Nc1cccc(Cl)c1. The number of piperidine rings is 1. The Morgan fingerprint density at radius 3 is 2.65 bits per heavy atom. The van der Waals surface area contributed by atoms with Crippen molar-refractivity contribution in [2.75, 3.05) is 11.6 Å².